The van der Waals surface area contributed by atoms with Gasteiger partial charge in [-0.2, -0.15) is 0 Å². The zero-order valence-electron chi connectivity index (χ0n) is 5.92. The molecule has 1 atom stereocenters. The maximum atomic E-state index is 10.8. The van der Waals surface area contributed by atoms with Crippen molar-refractivity contribution in [3.05, 3.63) is 0 Å². The molecule has 1 aliphatic rings. The van der Waals surface area contributed by atoms with E-state index in [-0.39, 0.29) is 24.3 Å². The molecular weight excluding hydrogens is 154 g/mol. The zero-order valence-corrected chi connectivity index (χ0v) is 6.74. The highest BCUT2D eigenvalue weighted by atomic mass is 35.5. The molecule has 0 aromatic carbocycles. The molecule has 0 aromatic heterocycles. The van der Waals surface area contributed by atoms with Gasteiger partial charge in [0.2, 0.25) is 0 Å². The van der Waals surface area contributed by atoms with Gasteiger partial charge >= 0.3 is 5.97 Å². The minimum Gasteiger partial charge on any atom is -0.469 e. The summed E-state index contributed by atoms with van der Waals surface area (Å²) in [4.78, 5) is 10.8. The molecule has 0 saturated carbocycles. The second-order valence-electron chi connectivity index (χ2n) is 2.21. The lowest BCUT2D eigenvalue weighted by molar-refractivity contribution is -0.144. The van der Waals surface area contributed by atoms with Crippen LogP contribution in [0, 0.1) is 5.92 Å². The van der Waals surface area contributed by atoms with Crippen LogP contribution < -0.4 is 5.32 Å². The van der Waals surface area contributed by atoms with Gasteiger partial charge in [0.05, 0.1) is 13.0 Å². The first-order valence-electron chi connectivity index (χ1n) is 3.13. The van der Waals surface area contributed by atoms with Crippen LogP contribution in [0.5, 0.6) is 0 Å². The highest BCUT2D eigenvalue weighted by Gasteiger charge is 2.22. The molecule has 0 aliphatic carbocycles. The van der Waals surface area contributed by atoms with E-state index in [0.29, 0.717) is 0 Å². The maximum absolute atomic E-state index is 10.8. The van der Waals surface area contributed by atoms with Crippen molar-refractivity contribution in [1.82, 2.24) is 5.32 Å². The van der Waals surface area contributed by atoms with Crippen LogP contribution >= 0.6 is 12.4 Å². The monoisotopic (exact) mass is 165 g/mol. The second kappa shape index (κ2) is 4.52. The molecule has 0 radical (unpaired) electrons. The normalized spacial score (nSPS) is 23.5. The van der Waals surface area contributed by atoms with Crippen LogP contribution in [-0.4, -0.2) is 26.2 Å². The standard InChI is InChI=1S/C6H11NO2.ClH/c1-9-6(8)5-2-3-7-4-5;/h5,7H,2-4H2,1H3;1H. The molecule has 1 unspecified atom stereocenters. The fraction of sp³-hybridized carbons (Fsp3) is 0.833. The van der Waals surface area contributed by atoms with E-state index in [1.54, 1.807) is 0 Å². The summed E-state index contributed by atoms with van der Waals surface area (Å²) in [5.74, 6) is 0.0231. The molecule has 0 bridgehead atoms. The average Bonchev–Trinajstić information content (AvgIpc) is 2.37. The van der Waals surface area contributed by atoms with Crippen molar-refractivity contribution in [3.8, 4) is 0 Å². The van der Waals surface area contributed by atoms with Gasteiger partial charge in [-0.3, -0.25) is 4.79 Å². The number of carbonyl (C=O) groups is 1. The number of hydrogen-bond donors (Lipinski definition) is 1. The Morgan fingerprint density at radius 1 is 1.70 bits per heavy atom. The quantitative estimate of drug-likeness (QED) is 0.564. The Kier molecular flexibility index (Phi) is 4.40. The number of hydrogen-bond acceptors (Lipinski definition) is 3. The lowest BCUT2D eigenvalue weighted by Gasteiger charge is -2.02. The van der Waals surface area contributed by atoms with Gasteiger partial charge in [-0.05, 0) is 13.0 Å². The maximum Gasteiger partial charge on any atom is 0.309 e. The molecule has 1 N–H and O–H groups in total. The van der Waals surface area contributed by atoms with Crippen molar-refractivity contribution in [2.24, 2.45) is 5.92 Å². The molecule has 3 nitrogen and oxygen atoms in total. The first kappa shape index (κ1) is 9.72. The van der Waals surface area contributed by atoms with E-state index >= 15 is 0 Å². The molecule has 10 heavy (non-hydrogen) atoms. The number of esters is 1. The molecule has 60 valence electrons. The molecule has 1 rings (SSSR count). The lowest BCUT2D eigenvalue weighted by Crippen LogP contribution is -2.18. The number of ether oxygens (including phenoxy) is 1. The third kappa shape index (κ3) is 2.15. The average molecular weight is 166 g/mol. The molecule has 1 fully saturated rings. The van der Waals surface area contributed by atoms with Gasteiger partial charge in [0.1, 0.15) is 0 Å². The second-order valence-corrected chi connectivity index (χ2v) is 2.21. The number of halogens is 1. The molecular formula is C6H12ClNO2. The summed E-state index contributed by atoms with van der Waals surface area (Å²) < 4.78 is 4.56. The Hall–Kier alpha value is -0.280. The third-order valence-electron chi connectivity index (χ3n) is 1.59. The molecule has 0 aromatic rings. The predicted octanol–water partition coefficient (Wildman–Crippen LogP) is 0.191. The first-order valence-corrected chi connectivity index (χ1v) is 3.13. The Labute approximate surface area is 66.5 Å². The summed E-state index contributed by atoms with van der Waals surface area (Å²) >= 11 is 0. The number of nitrogens with one attached hydrogen (secondary N) is 1. The Morgan fingerprint density at radius 2 is 2.40 bits per heavy atom. The van der Waals surface area contributed by atoms with Crippen LogP contribution in [0.15, 0.2) is 0 Å². The summed E-state index contributed by atoms with van der Waals surface area (Å²) in [7, 11) is 1.43. The number of carbonyl (C=O) groups excluding carboxylic acids is 1. The van der Waals surface area contributed by atoms with Crippen LogP contribution in [0.1, 0.15) is 6.42 Å². The van der Waals surface area contributed by atoms with Gasteiger partial charge in [-0.25, -0.2) is 0 Å². The third-order valence-corrected chi connectivity index (χ3v) is 1.59. The summed E-state index contributed by atoms with van der Waals surface area (Å²) in [6.45, 7) is 1.73. The first-order chi connectivity index (χ1) is 4.34. The van der Waals surface area contributed by atoms with Gasteiger partial charge in [-0.1, -0.05) is 0 Å². The lowest BCUT2D eigenvalue weighted by atomic mass is 10.1. The van der Waals surface area contributed by atoms with E-state index in [4.69, 9.17) is 0 Å². The van der Waals surface area contributed by atoms with Gasteiger partial charge in [-0.15, -0.1) is 12.4 Å². The Balaban J connectivity index is 0.000000810. The highest BCUT2D eigenvalue weighted by Crippen LogP contribution is 2.07. The minimum absolute atomic E-state index is 0. The van der Waals surface area contributed by atoms with E-state index in [1.807, 2.05) is 0 Å². The van der Waals surface area contributed by atoms with Crippen molar-refractivity contribution in [2.75, 3.05) is 20.2 Å². The van der Waals surface area contributed by atoms with Gasteiger partial charge in [0, 0.05) is 6.54 Å². The number of methoxy groups -OCH3 is 1. The van der Waals surface area contributed by atoms with Crippen molar-refractivity contribution >= 4 is 18.4 Å². The summed E-state index contributed by atoms with van der Waals surface area (Å²) in [6, 6.07) is 0. The topological polar surface area (TPSA) is 38.3 Å². The van der Waals surface area contributed by atoms with E-state index in [0.717, 1.165) is 19.5 Å². The van der Waals surface area contributed by atoms with Crippen molar-refractivity contribution in [2.45, 2.75) is 6.42 Å². The summed E-state index contributed by atoms with van der Waals surface area (Å²) in [5, 5.41) is 3.09. The van der Waals surface area contributed by atoms with Crippen molar-refractivity contribution in [3.63, 3.8) is 0 Å². The molecule has 1 aliphatic heterocycles. The minimum atomic E-state index is -0.0833. The fourth-order valence-corrected chi connectivity index (χ4v) is 1.02. The largest absolute Gasteiger partial charge is 0.469 e. The van der Waals surface area contributed by atoms with Gasteiger partial charge in [0.25, 0.3) is 0 Å². The molecule has 0 amide bonds. The molecule has 0 spiro atoms. The van der Waals surface area contributed by atoms with E-state index in [9.17, 15) is 4.79 Å². The molecule has 1 heterocycles. The van der Waals surface area contributed by atoms with Gasteiger partial charge < -0.3 is 10.1 Å². The zero-order chi connectivity index (χ0) is 6.69. The Morgan fingerprint density at radius 3 is 2.80 bits per heavy atom. The fourth-order valence-electron chi connectivity index (χ4n) is 1.02. The van der Waals surface area contributed by atoms with Crippen molar-refractivity contribution in [1.29, 1.82) is 0 Å². The molecule has 4 heteroatoms. The van der Waals surface area contributed by atoms with Crippen LogP contribution in [0.25, 0.3) is 0 Å². The van der Waals surface area contributed by atoms with E-state index in [2.05, 4.69) is 10.1 Å². The smallest absolute Gasteiger partial charge is 0.309 e. The Bertz CT molecular complexity index is 112. The highest BCUT2D eigenvalue weighted by molar-refractivity contribution is 5.85. The summed E-state index contributed by atoms with van der Waals surface area (Å²) in [5.41, 5.74) is 0. The van der Waals surface area contributed by atoms with Crippen LogP contribution in [0.3, 0.4) is 0 Å². The van der Waals surface area contributed by atoms with Crippen molar-refractivity contribution < 1.29 is 9.53 Å². The number of rotatable bonds is 1. The van der Waals surface area contributed by atoms with Crippen LogP contribution in [-0.2, 0) is 9.53 Å². The molecule has 1 saturated heterocycles. The van der Waals surface area contributed by atoms with Gasteiger partial charge in [0.15, 0.2) is 0 Å². The van der Waals surface area contributed by atoms with Crippen LogP contribution in [0.2, 0.25) is 0 Å². The predicted molar refractivity (Wildman–Crippen MR) is 40.2 cm³/mol. The van der Waals surface area contributed by atoms with E-state index < -0.39 is 0 Å². The SMILES string of the molecule is COC(=O)C1CCNC1.Cl. The summed E-state index contributed by atoms with van der Waals surface area (Å²) in [6.07, 6.45) is 0.923. The van der Waals surface area contributed by atoms with Crippen LogP contribution in [0.4, 0.5) is 0 Å². The van der Waals surface area contributed by atoms with E-state index in [1.165, 1.54) is 7.11 Å².